The average Bonchev–Trinajstić information content (AvgIpc) is 2.03. The van der Waals surface area contributed by atoms with E-state index in [1.165, 1.54) is 0 Å². The Kier molecular flexibility index (Phi) is 3.34. The molecule has 2 unspecified atom stereocenters. The summed E-state index contributed by atoms with van der Waals surface area (Å²) in [4.78, 5) is 0. The molecule has 2 heteroatoms. The Balaban J connectivity index is 2.33. The minimum atomic E-state index is -0.190. The van der Waals surface area contributed by atoms with Crippen molar-refractivity contribution < 1.29 is 10.2 Å². The molecule has 0 aromatic rings. The number of aliphatic hydroxyl groups excluding tert-OH is 2. The Hall–Kier alpha value is -0.0800. The predicted octanol–water partition coefficient (Wildman–Crippen LogP) is 1.31. The van der Waals surface area contributed by atoms with Crippen molar-refractivity contribution in [2.24, 2.45) is 5.92 Å². The zero-order valence-electron chi connectivity index (χ0n) is 7.16. The molecule has 2 N–H and O–H groups in total. The number of aliphatic hydroxyl groups is 2. The summed E-state index contributed by atoms with van der Waals surface area (Å²) in [5.41, 5.74) is 0. The largest absolute Gasteiger partial charge is 0.393 e. The van der Waals surface area contributed by atoms with Gasteiger partial charge in [-0.1, -0.05) is 13.3 Å². The van der Waals surface area contributed by atoms with Crippen LogP contribution in [0.4, 0.5) is 0 Å². The quantitative estimate of drug-likeness (QED) is 0.636. The van der Waals surface area contributed by atoms with Gasteiger partial charge in [-0.2, -0.15) is 0 Å². The Morgan fingerprint density at radius 1 is 1.45 bits per heavy atom. The summed E-state index contributed by atoms with van der Waals surface area (Å²) in [6.07, 6.45) is 4.36. The first-order valence-electron chi connectivity index (χ1n) is 4.60. The minimum absolute atomic E-state index is 0.157. The maximum absolute atomic E-state index is 9.49. The lowest BCUT2D eigenvalue weighted by molar-refractivity contribution is 0.0282. The fourth-order valence-corrected chi connectivity index (χ4v) is 1.88. The van der Waals surface area contributed by atoms with Crippen LogP contribution >= 0.6 is 0 Å². The van der Waals surface area contributed by atoms with Crippen LogP contribution in [0.3, 0.4) is 0 Å². The number of rotatable bonds is 2. The highest BCUT2D eigenvalue weighted by Gasteiger charge is 2.24. The summed E-state index contributed by atoms with van der Waals surface area (Å²) in [7, 11) is 0. The van der Waals surface area contributed by atoms with Crippen molar-refractivity contribution in [3.63, 3.8) is 0 Å². The van der Waals surface area contributed by atoms with Crippen LogP contribution in [0.1, 0.15) is 39.0 Å². The molecule has 0 spiro atoms. The van der Waals surface area contributed by atoms with E-state index in [1.807, 2.05) is 6.92 Å². The molecular weight excluding hydrogens is 140 g/mol. The molecule has 2 nitrogen and oxygen atoms in total. The molecule has 1 rings (SSSR count). The Labute approximate surface area is 68.2 Å². The van der Waals surface area contributed by atoms with Crippen molar-refractivity contribution >= 4 is 0 Å². The van der Waals surface area contributed by atoms with Crippen LogP contribution in [-0.2, 0) is 0 Å². The molecule has 3 atom stereocenters. The zero-order valence-corrected chi connectivity index (χ0v) is 7.16. The van der Waals surface area contributed by atoms with Gasteiger partial charge >= 0.3 is 0 Å². The lowest BCUT2D eigenvalue weighted by atomic mass is 9.83. The van der Waals surface area contributed by atoms with Gasteiger partial charge in [-0.05, 0) is 31.6 Å². The smallest absolute Gasteiger partial charge is 0.0566 e. The van der Waals surface area contributed by atoms with E-state index in [2.05, 4.69) is 0 Å². The molecule has 0 aromatic carbocycles. The van der Waals surface area contributed by atoms with Gasteiger partial charge in [0.15, 0.2) is 0 Å². The molecule has 0 aliphatic heterocycles. The van der Waals surface area contributed by atoms with Crippen LogP contribution in [-0.4, -0.2) is 22.4 Å². The molecule has 1 aliphatic carbocycles. The highest BCUT2D eigenvalue weighted by molar-refractivity contribution is 4.76. The van der Waals surface area contributed by atoms with E-state index < -0.39 is 0 Å². The third kappa shape index (κ3) is 2.46. The minimum Gasteiger partial charge on any atom is -0.393 e. The molecule has 1 fully saturated rings. The summed E-state index contributed by atoms with van der Waals surface area (Å²) < 4.78 is 0. The van der Waals surface area contributed by atoms with Gasteiger partial charge < -0.3 is 10.2 Å². The van der Waals surface area contributed by atoms with E-state index in [1.54, 1.807) is 0 Å². The van der Waals surface area contributed by atoms with Gasteiger partial charge in [0.2, 0.25) is 0 Å². The Bertz CT molecular complexity index is 114. The molecule has 0 heterocycles. The highest BCUT2D eigenvalue weighted by atomic mass is 16.3. The lowest BCUT2D eigenvalue weighted by Crippen LogP contribution is -2.28. The van der Waals surface area contributed by atoms with E-state index in [4.69, 9.17) is 0 Å². The molecule has 0 radical (unpaired) electrons. The average molecular weight is 158 g/mol. The van der Waals surface area contributed by atoms with Gasteiger partial charge in [-0.25, -0.2) is 0 Å². The maximum Gasteiger partial charge on any atom is 0.0566 e. The maximum atomic E-state index is 9.49. The van der Waals surface area contributed by atoms with Crippen LogP contribution in [0.2, 0.25) is 0 Å². The molecular formula is C9H18O2. The zero-order chi connectivity index (χ0) is 8.27. The third-order valence-electron chi connectivity index (χ3n) is 2.65. The van der Waals surface area contributed by atoms with Crippen LogP contribution < -0.4 is 0 Å². The lowest BCUT2D eigenvalue weighted by Gasteiger charge is -2.28. The first kappa shape index (κ1) is 9.01. The van der Waals surface area contributed by atoms with E-state index >= 15 is 0 Å². The van der Waals surface area contributed by atoms with E-state index in [0.29, 0.717) is 5.92 Å². The molecule has 0 saturated heterocycles. The van der Waals surface area contributed by atoms with Crippen LogP contribution in [0.5, 0.6) is 0 Å². The second-order valence-corrected chi connectivity index (χ2v) is 3.56. The Morgan fingerprint density at radius 3 is 2.73 bits per heavy atom. The van der Waals surface area contributed by atoms with Crippen LogP contribution in [0.15, 0.2) is 0 Å². The number of hydrogen-bond acceptors (Lipinski definition) is 2. The second-order valence-electron chi connectivity index (χ2n) is 3.56. The third-order valence-corrected chi connectivity index (χ3v) is 2.65. The molecule has 0 bridgehead atoms. The van der Waals surface area contributed by atoms with Crippen LogP contribution in [0, 0.1) is 5.92 Å². The van der Waals surface area contributed by atoms with Gasteiger partial charge in [-0.3, -0.25) is 0 Å². The summed E-state index contributed by atoms with van der Waals surface area (Å²) in [6.45, 7) is 1.99. The second kappa shape index (κ2) is 4.07. The monoisotopic (exact) mass is 158 g/mol. The van der Waals surface area contributed by atoms with E-state index in [9.17, 15) is 10.2 Å². The molecule has 1 aliphatic rings. The molecule has 1 saturated carbocycles. The molecule has 66 valence electrons. The van der Waals surface area contributed by atoms with Crippen LogP contribution in [0.25, 0.3) is 0 Å². The summed E-state index contributed by atoms with van der Waals surface area (Å²) in [5.74, 6) is 0.351. The van der Waals surface area contributed by atoms with Crippen molar-refractivity contribution in [1.82, 2.24) is 0 Å². The molecule has 11 heavy (non-hydrogen) atoms. The highest BCUT2D eigenvalue weighted by Crippen LogP contribution is 2.27. The van der Waals surface area contributed by atoms with Gasteiger partial charge in [0, 0.05) is 0 Å². The molecule has 0 aromatic heterocycles. The van der Waals surface area contributed by atoms with Gasteiger partial charge in [-0.15, -0.1) is 0 Å². The fraction of sp³-hybridized carbons (Fsp3) is 1.00. The topological polar surface area (TPSA) is 40.5 Å². The van der Waals surface area contributed by atoms with E-state index in [0.717, 1.165) is 32.1 Å². The fourth-order valence-electron chi connectivity index (χ4n) is 1.88. The van der Waals surface area contributed by atoms with Gasteiger partial charge in [0.1, 0.15) is 0 Å². The van der Waals surface area contributed by atoms with Crippen molar-refractivity contribution in [1.29, 1.82) is 0 Å². The normalized spacial score (nSPS) is 35.2. The van der Waals surface area contributed by atoms with Crippen molar-refractivity contribution in [3.8, 4) is 0 Å². The van der Waals surface area contributed by atoms with Gasteiger partial charge in [0.25, 0.3) is 0 Å². The first-order valence-corrected chi connectivity index (χ1v) is 4.60. The summed E-state index contributed by atoms with van der Waals surface area (Å²) in [5, 5.41) is 18.8. The first-order chi connectivity index (χ1) is 5.24. The number of hydrogen-bond donors (Lipinski definition) is 2. The predicted molar refractivity (Wildman–Crippen MR) is 44.3 cm³/mol. The SMILES string of the molecule is CC[C@H](O)C1CCCC(O)C1. The summed E-state index contributed by atoms with van der Waals surface area (Å²) >= 11 is 0. The Morgan fingerprint density at radius 2 is 2.18 bits per heavy atom. The van der Waals surface area contributed by atoms with Crippen molar-refractivity contribution in [3.05, 3.63) is 0 Å². The molecule has 0 amide bonds. The standard InChI is InChI=1S/C9H18O2/c1-2-9(11)7-4-3-5-8(10)6-7/h7-11H,2-6H2,1H3/t7?,8?,9-/m0/s1. The van der Waals surface area contributed by atoms with Crippen molar-refractivity contribution in [2.75, 3.05) is 0 Å². The van der Waals surface area contributed by atoms with Gasteiger partial charge in [0.05, 0.1) is 12.2 Å². The van der Waals surface area contributed by atoms with Crippen molar-refractivity contribution in [2.45, 2.75) is 51.2 Å². The summed E-state index contributed by atoms with van der Waals surface area (Å²) in [6, 6.07) is 0. The van der Waals surface area contributed by atoms with E-state index in [-0.39, 0.29) is 12.2 Å².